The van der Waals surface area contributed by atoms with E-state index in [9.17, 15) is 24.4 Å². The number of likely N-dealkylation sites (tertiary alicyclic amines) is 2. The van der Waals surface area contributed by atoms with Gasteiger partial charge in [-0.25, -0.2) is 4.79 Å². The van der Waals surface area contributed by atoms with Gasteiger partial charge < -0.3 is 29.2 Å². The summed E-state index contributed by atoms with van der Waals surface area (Å²) in [6.45, 7) is 9.01. The molecule has 3 amide bonds. The lowest BCUT2D eigenvalue weighted by molar-refractivity contribution is -0.150. The van der Waals surface area contributed by atoms with Crippen molar-refractivity contribution in [3.8, 4) is 6.07 Å². The molecule has 1 N–H and O–H groups in total. The maximum atomic E-state index is 14.1. The lowest BCUT2D eigenvalue weighted by atomic mass is 10.1. The largest absolute Gasteiger partial charge is 0.461 e. The number of hydrogen-bond acceptors (Lipinski definition) is 7. The molecule has 3 atom stereocenters. The number of benzene rings is 2. The Morgan fingerprint density at radius 1 is 1.00 bits per heavy atom. The molecule has 49 heavy (non-hydrogen) atoms. The zero-order chi connectivity index (χ0) is 35.1. The van der Waals surface area contributed by atoms with Gasteiger partial charge in [0, 0.05) is 36.9 Å². The maximum absolute atomic E-state index is 14.1. The van der Waals surface area contributed by atoms with Crippen molar-refractivity contribution in [1.29, 1.82) is 5.26 Å². The average Bonchev–Trinajstić information content (AvgIpc) is 3.83. The zero-order valence-electron chi connectivity index (χ0n) is 28.9. The standard InChI is InChI=1S/C38H47N5O6/c1-5-41-30(22-28-16-15-27(24-39)21-33(28)41)18-17-29-13-9-19-42(29)36(46)32-14-10-20-43(32)35(45)31(40-37(47)49-38(2,3)4)23-34(44)48-25-26-11-7-6-8-12-26/h6-8,11-12,15-16,21-22,29,31-32H,5,9-10,13-14,17-20,23,25H2,1-4H3,(H,40,47)/t29-,31-,32+/m0/s1. The fourth-order valence-corrected chi connectivity index (χ4v) is 6.99. The zero-order valence-corrected chi connectivity index (χ0v) is 28.9. The molecule has 2 saturated heterocycles. The van der Waals surface area contributed by atoms with Crippen LogP contribution in [0.1, 0.15) is 83.0 Å². The molecule has 11 nitrogen and oxygen atoms in total. The predicted octanol–water partition coefficient (Wildman–Crippen LogP) is 5.47. The highest BCUT2D eigenvalue weighted by Crippen LogP contribution is 2.29. The van der Waals surface area contributed by atoms with E-state index in [-0.39, 0.29) is 18.6 Å². The van der Waals surface area contributed by atoms with Crippen LogP contribution in [0.5, 0.6) is 0 Å². The third-order valence-corrected chi connectivity index (χ3v) is 9.25. The molecule has 2 aromatic carbocycles. The average molecular weight is 670 g/mol. The number of carbonyl (C=O) groups excluding carboxylic acids is 4. The van der Waals surface area contributed by atoms with Crippen LogP contribution in [0.4, 0.5) is 4.79 Å². The molecule has 0 saturated carbocycles. The molecular weight excluding hydrogens is 622 g/mol. The molecule has 0 bridgehead atoms. The molecule has 2 fully saturated rings. The number of nitrogens with zero attached hydrogens (tertiary/aromatic N) is 4. The third kappa shape index (κ3) is 8.79. The van der Waals surface area contributed by atoms with Crippen LogP contribution < -0.4 is 5.32 Å². The number of rotatable bonds is 11. The van der Waals surface area contributed by atoms with Crippen molar-refractivity contribution in [2.45, 2.75) is 110 Å². The van der Waals surface area contributed by atoms with E-state index in [2.05, 4.69) is 28.9 Å². The van der Waals surface area contributed by atoms with Crippen LogP contribution in [0.2, 0.25) is 0 Å². The number of nitrogens with one attached hydrogen (secondary N) is 1. The van der Waals surface area contributed by atoms with Gasteiger partial charge in [-0.3, -0.25) is 14.4 Å². The molecule has 3 heterocycles. The van der Waals surface area contributed by atoms with Crippen LogP contribution in [-0.4, -0.2) is 75.1 Å². The maximum Gasteiger partial charge on any atom is 0.408 e. The van der Waals surface area contributed by atoms with Crippen LogP contribution in [-0.2, 0) is 43.4 Å². The molecule has 2 aliphatic rings. The van der Waals surface area contributed by atoms with Crippen LogP contribution in [0.3, 0.4) is 0 Å². The number of amides is 3. The number of aryl methyl sites for hydroxylation is 2. The Balaban J connectivity index is 1.27. The number of carbonyl (C=O) groups is 4. The van der Waals surface area contributed by atoms with E-state index >= 15 is 0 Å². The summed E-state index contributed by atoms with van der Waals surface area (Å²) < 4.78 is 13.1. The van der Waals surface area contributed by atoms with Gasteiger partial charge >= 0.3 is 12.1 Å². The van der Waals surface area contributed by atoms with Gasteiger partial charge in [-0.1, -0.05) is 36.4 Å². The van der Waals surface area contributed by atoms with E-state index in [1.54, 1.807) is 20.8 Å². The summed E-state index contributed by atoms with van der Waals surface area (Å²) in [6, 6.07) is 17.4. The van der Waals surface area contributed by atoms with E-state index in [0.29, 0.717) is 31.5 Å². The Labute approximate surface area is 288 Å². The Morgan fingerprint density at radius 3 is 2.45 bits per heavy atom. The molecule has 0 radical (unpaired) electrons. The van der Waals surface area contributed by atoms with E-state index in [4.69, 9.17) is 9.47 Å². The van der Waals surface area contributed by atoms with Crippen LogP contribution in [0.25, 0.3) is 10.9 Å². The molecule has 11 heteroatoms. The van der Waals surface area contributed by atoms with Gasteiger partial charge in [0.05, 0.1) is 18.1 Å². The van der Waals surface area contributed by atoms with Gasteiger partial charge in [-0.2, -0.15) is 5.26 Å². The number of alkyl carbamates (subject to hydrolysis) is 1. The van der Waals surface area contributed by atoms with E-state index < -0.39 is 42.1 Å². The quantitative estimate of drug-likeness (QED) is 0.268. The number of ether oxygens (including phenoxy) is 2. The SMILES string of the molecule is CCn1c(CC[C@@H]2CCCN2C(=O)[C@H]2CCCN2C(=O)[C@H](CC(=O)OCc2ccccc2)NC(=O)OC(C)(C)C)cc2ccc(C#N)cc21. The fraction of sp³-hybridized carbons (Fsp3) is 0.500. The van der Waals surface area contributed by atoms with Crippen molar-refractivity contribution in [3.05, 3.63) is 71.4 Å². The van der Waals surface area contributed by atoms with Crippen LogP contribution in [0.15, 0.2) is 54.6 Å². The van der Waals surface area contributed by atoms with E-state index in [0.717, 1.165) is 48.7 Å². The number of aromatic nitrogens is 1. The number of hydrogen-bond donors (Lipinski definition) is 1. The summed E-state index contributed by atoms with van der Waals surface area (Å²) in [5.41, 5.74) is 2.82. The molecule has 3 aromatic rings. The second-order valence-electron chi connectivity index (χ2n) is 13.9. The number of nitriles is 1. The lowest BCUT2D eigenvalue weighted by Crippen LogP contribution is -2.55. The lowest BCUT2D eigenvalue weighted by Gasteiger charge is -2.33. The molecule has 0 aliphatic carbocycles. The highest BCUT2D eigenvalue weighted by molar-refractivity contribution is 5.94. The second kappa shape index (κ2) is 15.6. The summed E-state index contributed by atoms with van der Waals surface area (Å²) in [4.78, 5) is 57.3. The molecule has 2 aliphatic heterocycles. The highest BCUT2D eigenvalue weighted by Gasteiger charge is 2.42. The third-order valence-electron chi connectivity index (χ3n) is 9.25. The Morgan fingerprint density at radius 2 is 1.73 bits per heavy atom. The first-order valence-corrected chi connectivity index (χ1v) is 17.3. The van der Waals surface area contributed by atoms with Crippen molar-refractivity contribution in [1.82, 2.24) is 19.7 Å². The van der Waals surface area contributed by atoms with Gasteiger partial charge in [0.2, 0.25) is 11.8 Å². The Bertz CT molecular complexity index is 1700. The van der Waals surface area contributed by atoms with Crippen molar-refractivity contribution in [2.75, 3.05) is 13.1 Å². The monoisotopic (exact) mass is 669 g/mol. The smallest absolute Gasteiger partial charge is 0.408 e. The van der Waals surface area contributed by atoms with Gasteiger partial charge in [-0.05, 0) is 95.4 Å². The first-order chi connectivity index (χ1) is 23.5. The van der Waals surface area contributed by atoms with Crippen LogP contribution >= 0.6 is 0 Å². The Kier molecular flexibility index (Phi) is 11.3. The minimum Gasteiger partial charge on any atom is -0.461 e. The number of esters is 1. The molecule has 1 aromatic heterocycles. The van der Waals surface area contributed by atoms with Gasteiger partial charge in [0.25, 0.3) is 0 Å². The molecule has 5 rings (SSSR count). The predicted molar refractivity (Wildman–Crippen MR) is 184 cm³/mol. The molecule has 260 valence electrons. The summed E-state index contributed by atoms with van der Waals surface area (Å²) >= 11 is 0. The van der Waals surface area contributed by atoms with Crippen molar-refractivity contribution in [3.63, 3.8) is 0 Å². The van der Waals surface area contributed by atoms with Crippen molar-refractivity contribution >= 4 is 34.8 Å². The Hall–Kier alpha value is -4.85. The minimum absolute atomic E-state index is 0.0340. The summed E-state index contributed by atoms with van der Waals surface area (Å²) in [5.74, 6) is -1.24. The van der Waals surface area contributed by atoms with Crippen molar-refractivity contribution in [2.24, 2.45) is 0 Å². The fourth-order valence-electron chi connectivity index (χ4n) is 6.99. The van der Waals surface area contributed by atoms with E-state index in [1.165, 1.54) is 10.6 Å². The first kappa shape index (κ1) is 35.5. The second-order valence-corrected chi connectivity index (χ2v) is 13.9. The topological polar surface area (TPSA) is 134 Å². The molecule has 0 unspecified atom stereocenters. The first-order valence-electron chi connectivity index (χ1n) is 17.3. The number of fused-ring (bicyclic) bond motifs is 1. The van der Waals surface area contributed by atoms with Crippen LogP contribution in [0, 0.1) is 11.3 Å². The normalized spacial score (nSPS) is 18.3. The summed E-state index contributed by atoms with van der Waals surface area (Å²) in [5, 5.41) is 13.1. The van der Waals surface area contributed by atoms with Crippen molar-refractivity contribution < 1.29 is 28.7 Å². The van der Waals surface area contributed by atoms with Gasteiger partial charge in [-0.15, -0.1) is 0 Å². The summed E-state index contributed by atoms with van der Waals surface area (Å²) in [6.07, 6.45) is 3.26. The molecule has 0 spiro atoms. The summed E-state index contributed by atoms with van der Waals surface area (Å²) in [7, 11) is 0. The minimum atomic E-state index is -1.25. The van der Waals surface area contributed by atoms with Gasteiger partial charge in [0.15, 0.2) is 0 Å². The van der Waals surface area contributed by atoms with Gasteiger partial charge in [0.1, 0.15) is 24.3 Å². The highest BCUT2D eigenvalue weighted by atomic mass is 16.6. The van der Waals surface area contributed by atoms with E-state index in [1.807, 2.05) is 53.4 Å². The molecular formula is C38H47N5O6.